The maximum Gasteiger partial charge on any atom is 0.0991 e. The van der Waals surface area contributed by atoms with Gasteiger partial charge < -0.3 is 10.6 Å². The van der Waals surface area contributed by atoms with Crippen LogP contribution >= 0.6 is 0 Å². The molecule has 2 N–H and O–H groups in total. The number of hydrogen-bond acceptors (Lipinski definition) is 4. The van der Waals surface area contributed by atoms with E-state index in [1.165, 1.54) is 0 Å². The van der Waals surface area contributed by atoms with E-state index < -0.39 is 0 Å². The zero-order valence-corrected chi connectivity index (χ0v) is 11.0. The first-order valence-corrected chi connectivity index (χ1v) is 6.07. The van der Waals surface area contributed by atoms with Crippen LogP contribution in [-0.2, 0) is 0 Å². The maximum absolute atomic E-state index is 8.78. The van der Waals surface area contributed by atoms with E-state index >= 15 is 0 Å². The summed E-state index contributed by atoms with van der Waals surface area (Å²) in [6.45, 7) is 1.91. The second-order valence-corrected chi connectivity index (χ2v) is 4.45. The van der Waals surface area contributed by atoms with E-state index in [2.05, 4.69) is 11.1 Å². The predicted molar refractivity (Wildman–Crippen MR) is 76.1 cm³/mol. The van der Waals surface area contributed by atoms with Gasteiger partial charge in [-0.3, -0.25) is 4.98 Å². The van der Waals surface area contributed by atoms with Crippen molar-refractivity contribution in [3.05, 3.63) is 53.9 Å². The summed E-state index contributed by atoms with van der Waals surface area (Å²) in [5, 5.41) is 8.78. The van der Waals surface area contributed by atoms with E-state index in [1.54, 1.807) is 18.3 Å². The second-order valence-electron chi connectivity index (χ2n) is 4.45. The average molecular weight is 252 g/mol. The third-order valence-electron chi connectivity index (χ3n) is 3.01. The normalized spacial score (nSPS) is 11.7. The van der Waals surface area contributed by atoms with Crippen molar-refractivity contribution < 1.29 is 0 Å². The largest absolute Gasteiger partial charge is 0.343 e. The molecule has 1 aromatic heterocycles. The van der Waals surface area contributed by atoms with Crippen LogP contribution in [0.4, 0.5) is 11.4 Å². The number of pyridine rings is 1. The van der Waals surface area contributed by atoms with Crippen molar-refractivity contribution in [2.24, 2.45) is 5.73 Å². The van der Waals surface area contributed by atoms with E-state index in [-0.39, 0.29) is 6.04 Å². The molecular weight excluding hydrogens is 236 g/mol. The Kier molecular flexibility index (Phi) is 3.79. The molecule has 0 saturated heterocycles. The number of aromatic nitrogens is 1. The first-order valence-electron chi connectivity index (χ1n) is 6.07. The monoisotopic (exact) mass is 252 g/mol. The molecule has 1 heterocycles. The van der Waals surface area contributed by atoms with E-state index in [9.17, 15) is 0 Å². The third-order valence-corrected chi connectivity index (χ3v) is 3.01. The summed E-state index contributed by atoms with van der Waals surface area (Å²) in [6, 6.07) is 13.4. The lowest BCUT2D eigenvalue weighted by molar-refractivity contribution is 0.781. The lowest BCUT2D eigenvalue weighted by Gasteiger charge is -2.19. The van der Waals surface area contributed by atoms with Gasteiger partial charge in [0.05, 0.1) is 29.2 Å². The van der Waals surface area contributed by atoms with Gasteiger partial charge in [-0.2, -0.15) is 5.26 Å². The molecule has 0 bridgehead atoms. The molecule has 4 nitrogen and oxygen atoms in total. The first kappa shape index (κ1) is 13.1. The Labute approximate surface area is 113 Å². The molecule has 0 aliphatic heterocycles. The van der Waals surface area contributed by atoms with Gasteiger partial charge in [0.15, 0.2) is 0 Å². The van der Waals surface area contributed by atoms with Gasteiger partial charge in [0.1, 0.15) is 0 Å². The molecule has 96 valence electrons. The summed E-state index contributed by atoms with van der Waals surface area (Å²) in [5.41, 5.74) is 9.29. The molecule has 4 heteroatoms. The van der Waals surface area contributed by atoms with Gasteiger partial charge in [-0.15, -0.1) is 0 Å². The van der Waals surface area contributed by atoms with E-state index in [0.29, 0.717) is 5.56 Å². The minimum atomic E-state index is -0.0609. The van der Waals surface area contributed by atoms with E-state index in [4.69, 9.17) is 11.0 Å². The minimum Gasteiger partial charge on any atom is -0.343 e. The van der Waals surface area contributed by atoms with Gasteiger partial charge in [0, 0.05) is 18.8 Å². The van der Waals surface area contributed by atoms with Crippen LogP contribution in [-0.4, -0.2) is 12.0 Å². The van der Waals surface area contributed by atoms with Gasteiger partial charge in [0.2, 0.25) is 0 Å². The van der Waals surface area contributed by atoms with Crippen molar-refractivity contribution in [2.45, 2.75) is 13.0 Å². The Morgan fingerprint density at radius 2 is 1.79 bits per heavy atom. The number of hydrogen-bond donors (Lipinski definition) is 1. The topological polar surface area (TPSA) is 65.9 Å². The Morgan fingerprint density at radius 1 is 1.16 bits per heavy atom. The molecule has 2 rings (SSSR count). The van der Waals surface area contributed by atoms with Crippen LogP contribution in [0.1, 0.15) is 24.2 Å². The van der Waals surface area contributed by atoms with Crippen molar-refractivity contribution in [1.82, 2.24) is 4.98 Å². The van der Waals surface area contributed by atoms with Crippen LogP contribution in [0.2, 0.25) is 0 Å². The molecule has 19 heavy (non-hydrogen) atoms. The van der Waals surface area contributed by atoms with Gasteiger partial charge in [-0.1, -0.05) is 0 Å². The summed E-state index contributed by atoms with van der Waals surface area (Å²) >= 11 is 0. The van der Waals surface area contributed by atoms with Crippen molar-refractivity contribution in [3.63, 3.8) is 0 Å². The highest BCUT2D eigenvalue weighted by molar-refractivity contribution is 5.62. The molecular formula is C15H16N4. The molecule has 0 aliphatic rings. The molecule has 0 amide bonds. The highest BCUT2D eigenvalue weighted by Crippen LogP contribution is 2.23. The minimum absolute atomic E-state index is 0.0609. The molecule has 0 radical (unpaired) electrons. The Balaban J connectivity index is 2.23. The fraction of sp³-hybridized carbons (Fsp3) is 0.200. The second kappa shape index (κ2) is 5.51. The lowest BCUT2D eigenvalue weighted by Crippen LogP contribution is -2.11. The fourth-order valence-corrected chi connectivity index (χ4v) is 1.77. The van der Waals surface area contributed by atoms with Crippen LogP contribution in [0.15, 0.2) is 42.6 Å². The van der Waals surface area contributed by atoms with E-state index in [1.807, 2.05) is 43.1 Å². The number of nitriles is 1. The molecule has 0 aliphatic carbocycles. The van der Waals surface area contributed by atoms with Gasteiger partial charge in [-0.25, -0.2) is 0 Å². The zero-order chi connectivity index (χ0) is 13.8. The van der Waals surface area contributed by atoms with Crippen LogP contribution in [0, 0.1) is 11.3 Å². The summed E-state index contributed by atoms with van der Waals surface area (Å²) in [4.78, 5) is 6.35. The quantitative estimate of drug-likeness (QED) is 0.912. The highest BCUT2D eigenvalue weighted by Gasteiger charge is 2.06. The van der Waals surface area contributed by atoms with Gasteiger partial charge in [0.25, 0.3) is 0 Å². The predicted octanol–water partition coefficient (Wildman–Crippen LogP) is 2.74. The number of rotatable bonds is 3. The zero-order valence-electron chi connectivity index (χ0n) is 11.0. The van der Waals surface area contributed by atoms with Crippen LogP contribution in [0.3, 0.4) is 0 Å². The molecule has 0 spiro atoms. The SMILES string of the molecule is CC(N)c1ccc(N(C)c2ccc(C#N)cc2)cn1. The first-order chi connectivity index (χ1) is 9.11. The van der Waals surface area contributed by atoms with Crippen molar-refractivity contribution in [2.75, 3.05) is 11.9 Å². The summed E-state index contributed by atoms with van der Waals surface area (Å²) in [7, 11) is 1.96. The van der Waals surface area contributed by atoms with Crippen LogP contribution in [0.5, 0.6) is 0 Å². The van der Waals surface area contributed by atoms with Crippen LogP contribution < -0.4 is 10.6 Å². The number of nitrogens with zero attached hydrogens (tertiary/aromatic N) is 3. The van der Waals surface area contributed by atoms with Crippen molar-refractivity contribution >= 4 is 11.4 Å². The number of nitrogens with two attached hydrogens (primary N) is 1. The summed E-state index contributed by atoms with van der Waals surface area (Å²) in [6.07, 6.45) is 1.80. The number of anilines is 2. The Hall–Kier alpha value is -2.38. The third kappa shape index (κ3) is 2.90. The lowest BCUT2D eigenvalue weighted by atomic mass is 10.2. The Morgan fingerprint density at radius 3 is 2.26 bits per heavy atom. The van der Waals surface area contributed by atoms with Crippen molar-refractivity contribution in [3.8, 4) is 6.07 Å². The molecule has 0 saturated carbocycles. The van der Waals surface area contributed by atoms with Crippen LogP contribution in [0.25, 0.3) is 0 Å². The smallest absolute Gasteiger partial charge is 0.0991 e. The molecule has 1 unspecified atom stereocenters. The van der Waals surface area contributed by atoms with E-state index in [0.717, 1.165) is 17.1 Å². The van der Waals surface area contributed by atoms with Gasteiger partial charge >= 0.3 is 0 Å². The Bertz CT molecular complexity index is 579. The summed E-state index contributed by atoms with van der Waals surface area (Å²) < 4.78 is 0. The van der Waals surface area contributed by atoms with Crippen molar-refractivity contribution in [1.29, 1.82) is 5.26 Å². The maximum atomic E-state index is 8.78. The van der Waals surface area contributed by atoms with Gasteiger partial charge in [-0.05, 0) is 43.3 Å². The molecule has 1 atom stereocenters. The average Bonchev–Trinajstić information content (AvgIpc) is 2.46. The standard InChI is InChI=1S/C15H16N4/c1-11(17)15-8-7-14(10-18-15)19(2)13-5-3-12(9-16)4-6-13/h3-8,10-11H,17H2,1-2H3. The highest BCUT2D eigenvalue weighted by atomic mass is 15.1. The summed E-state index contributed by atoms with van der Waals surface area (Å²) in [5.74, 6) is 0. The molecule has 1 aromatic carbocycles. The molecule has 0 fully saturated rings. The molecule has 2 aromatic rings. The number of benzene rings is 1. The fourth-order valence-electron chi connectivity index (χ4n) is 1.77.